The Labute approximate surface area is 129 Å². The molecular formula is C15H16ClNO3S. The Balaban J connectivity index is 2.13. The molecule has 0 aliphatic heterocycles. The second-order valence-electron chi connectivity index (χ2n) is 4.61. The number of ether oxygens (including phenoxy) is 1. The van der Waals surface area contributed by atoms with E-state index in [1.54, 1.807) is 43.5 Å². The third-order valence-corrected chi connectivity index (χ3v) is 4.89. The van der Waals surface area contributed by atoms with E-state index in [0.717, 1.165) is 16.9 Å². The van der Waals surface area contributed by atoms with Gasteiger partial charge in [-0.1, -0.05) is 29.8 Å². The topological polar surface area (TPSA) is 55.4 Å². The van der Waals surface area contributed by atoms with Crippen molar-refractivity contribution >= 4 is 21.6 Å². The van der Waals surface area contributed by atoms with Crippen LogP contribution in [0.5, 0.6) is 5.75 Å². The number of methoxy groups -OCH3 is 1. The summed E-state index contributed by atoms with van der Waals surface area (Å²) >= 11 is 6.00. The fourth-order valence-corrected chi connectivity index (χ4v) is 3.44. The number of rotatable bonds is 5. The molecule has 0 radical (unpaired) electrons. The number of sulfonamides is 1. The third kappa shape index (κ3) is 3.97. The first kappa shape index (κ1) is 15.8. The average molecular weight is 326 g/mol. The van der Waals surface area contributed by atoms with Crippen molar-refractivity contribution in [1.82, 2.24) is 4.72 Å². The lowest BCUT2D eigenvalue weighted by atomic mass is 10.2. The Morgan fingerprint density at radius 2 is 1.81 bits per heavy atom. The Bertz CT molecular complexity index is 727. The summed E-state index contributed by atoms with van der Waals surface area (Å²) in [4.78, 5) is 0.0864. The lowest BCUT2D eigenvalue weighted by Gasteiger charge is -2.09. The van der Waals surface area contributed by atoms with E-state index in [9.17, 15) is 8.42 Å². The van der Waals surface area contributed by atoms with Crippen LogP contribution in [0.1, 0.15) is 11.1 Å². The fraction of sp³-hybridized carbons (Fsp3) is 0.200. The summed E-state index contributed by atoms with van der Waals surface area (Å²) in [5.41, 5.74) is 1.75. The zero-order valence-corrected chi connectivity index (χ0v) is 13.3. The van der Waals surface area contributed by atoms with E-state index in [1.807, 2.05) is 6.92 Å². The lowest BCUT2D eigenvalue weighted by molar-refractivity contribution is 0.414. The second-order valence-corrected chi connectivity index (χ2v) is 6.75. The number of aryl methyl sites for hydroxylation is 1. The molecule has 2 aromatic rings. The Hall–Kier alpha value is -1.56. The van der Waals surface area contributed by atoms with Crippen LogP contribution >= 0.6 is 11.6 Å². The minimum Gasteiger partial charge on any atom is -0.497 e. The minimum atomic E-state index is -3.63. The summed E-state index contributed by atoms with van der Waals surface area (Å²) in [6.07, 6.45) is 0. The van der Waals surface area contributed by atoms with Crippen LogP contribution in [0.15, 0.2) is 47.4 Å². The van der Waals surface area contributed by atoms with Gasteiger partial charge < -0.3 is 4.74 Å². The van der Waals surface area contributed by atoms with Crippen LogP contribution in [0, 0.1) is 6.92 Å². The van der Waals surface area contributed by atoms with Crippen LogP contribution in [0.3, 0.4) is 0 Å². The molecule has 0 atom stereocenters. The molecule has 6 heteroatoms. The number of nitrogens with one attached hydrogen (secondary N) is 1. The smallest absolute Gasteiger partial charge is 0.242 e. The molecule has 1 N–H and O–H groups in total. The molecule has 0 aliphatic carbocycles. The molecular weight excluding hydrogens is 310 g/mol. The summed E-state index contributed by atoms with van der Waals surface area (Å²) in [7, 11) is -2.05. The van der Waals surface area contributed by atoms with Crippen molar-refractivity contribution in [3.63, 3.8) is 0 Å². The predicted molar refractivity (Wildman–Crippen MR) is 83.2 cm³/mol. The van der Waals surface area contributed by atoms with E-state index in [4.69, 9.17) is 16.3 Å². The molecule has 112 valence electrons. The van der Waals surface area contributed by atoms with Crippen LogP contribution in [0.4, 0.5) is 0 Å². The van der Waals surface area contributed by atoms with Gasteiger partial charge in [-0.3, -0.25) is 0 Å². The molecule has 21 heavy (non-hydrogen) atoms. The number of benzene rings is 2. The zero-order valence-electron chi connectivity index (χ0n) is 11.8. The highest BCUT2D eigenvalue weighted by Gasteiger charge is 2.17. The summed E-state index contributed by atoms with van der Waals surface area (Å²) < 4.78 is 32.1. The second kappa shape index (κ2) is 6.47. The van der Waals surface area contributed by atoms with Gasteiger partial charge in [0.15, 0.2) is 0 Å². The summed E-state index contributed by atoms with van der Waals surface area (Å²) in [5, 5.41) is 0.220. The lowest BCUT2D eigenvalue weighted by Crippen LogP contribution is -2.23. The SMILES string of the molecule is COc1ccc(CNS(=O)(=O)c2ccc(C)cc2Cl)cc1. The van der Waals surface area contributed by atoms with E-state index in [0.29, 0.717) is 0 Å². The highest BCUT2D eigenvalue weighted by atomic mass is 35.5. The zero-order chi connectivity index (χ0) is 15.5. The van der Waals surface area contributed by atoms with Crippen molar-refractivity contribution in [3.8, 4) is 5.75 Å². The van der Waals surface area contributed by atoms with Crippen LogP contribution < -0.4 is 9.46 Å². The van der Waals surface area contributed by atoms with Crippen molar-refractivity contribution in [2.45, 2.75) is 18.4 Å². The van der Waals surface area contributed by atoms with E-state index in [1.165, 1.54) is 6.07 Å². The first-order chi connectivity index (χ1) is 9.92. The van der Waals surface area contributed by atoms with Gasteiger partial charge in [0, 0.05) is 6.54 Å². The summed E-state index contributed by atoms with van der Waals surface area (Å²) in [6, 6.07) is 12.0. The Kier molecular flexibility index (Phi) is 4.88. The third-order valence-electron chi connectivity index (χ3n) is 3.00. The minimum absolute atomic E-state index is 0.0864. The predicted octanol–water partition coefficient (Wildman–Crippen LogP) is 3.14. The van der Waals surface area contributed by atoms with Gasteiger partial charge in [0.05, 0.1) is 12.1 Å². The maximum Gasteiger partial charge on any atom is 0.242 e. The molecule has 0 aliphatic rings. The molecule has 0 unspecified atom stereocenters. The van der Waals surface area contributed by atoms with Crippen molar-refractivity contribution in [2.24, 2.45) is 0 Å². The molecule has 0 saturated heterocycles. The van der Waals surface area contributed by atoms with Gasteiger partial charge in [0.2, 0.25) is 10.0 Å². The fourth-order valence-electron chi connectivity index (χ4n) is 1.82. The molecule has 2 aromatic carbocycles. The Morgan fingerprint density at radius 1 is 1.14 bits per heavy atom. The van der Waals surface area contributed by atoms with Crippen molar-refractivity contribution in [3.05, 3.63) is 58.6 Å². The highest BCUT2D eigenvalue weighted by molar-refractivity contribution is 7.89. The van der Waals surface area contributed by atoms with Gasteiger partial charge in [-0.05, 0) is 42.3 Å². The van der Waals surface area contributed by atoms with Crippen molar-refractivity contribution in [1.29, 1.82) is 0 Å². The number of hydrogen-bond acceptors (Lipinski definition) is 3. The molecule has 0 bridgehead atoms. The molecule has 4 nitrogen and oxygen atoms in total. The first-order valence-electron chi connectivity index (χ1n) is 6.31. The van der Waals surface area contributed by atoms with Gasteiger partial charge in [-0.15, -0.1) is 0 Å². The molecule has 0 aromatic heterocycles. The van der Waals surface area contributed by atoms with Crippen LogP contribution in [-0.4, -0.2) is 15.5 Å². The molecule has 0 spiro atoms. The molecule has 2 rings (SSSR count). The molecule has 0 amide bonds. The highest BCUT2D eigenvalue weighted by Crippen LogP contribution is 2.22. The summed E-state index contributed by atoms with van der Waals surface area (Å²) in [6.45, 7) is 2.05. The van der Waals surface area contributed by atoms with E-state index in [-0.39, 0.29) is 16.5 Å². The van der Waals surface area contributed by atoms with Gasteiger partial charge in [-0.25, -0.2) is 13.1 Å². The van der Waals surface area contributed by atoms with Gasteiger partial charge >= 0.3 is 0 Å². The Morgan fingerprint density at radius 3 is 2.38 bits per heavy atom. The van der Waals surface area contributed by atoms with Crippen LogP contribution in [0.25, 0.3) is 0 Å². The van der Waals surface area contributed by atoms with Crippen molar-refractivity contribution in [2.75, 3.05) is 7.11 Å². The van der Waals surface area contributed by atoms with Gasteiger partial charge in [0.1, 0.15) is 10.6 Å². The first-order valence-corrected chi connectivity index (χ1v) is 8.17. The van der Waals surface area contributed by atoms with Crippen LogP contribution in [-0.2, 0) is 16.6 Å². The van der Waals surface area contributed by atoms with Gasteiger partial charge in [-0.2, -0.15) is 0 Å². The average Bonchev–Trinajstić information content (AvgIpc) is 2.45. The largest absolute Gasteiger partial charge is 0.497 e. The van der Waals surface area contributed by atoms with E-state index >= 15 is 0 Å². The monoisotopic (exact) mass is 325 g/mol. The van der Waals surface area contributed by atoms with E-state index < -0.39 is 10.0 Å². The maximum atomic E-state index is 12.2. The maximum absolute atomic E-state index is 12.2. The molecule has 0 heterocycles. The van der Waals surface area contributed by atoms with Gasteiger partial charge in [0.25, 0.3) is 0 Å². The summed E-state index contributed by atoms with van der Waals surface area (Å²) in [5.74, 6) is 0.725. The normalized spacial score (nSPS) is 11.4. The van der Waals surface area contributed by atoms with Crippen LogP contribution in [0.2, 0.25) is 5.02 Å². The standard InChI is InChI=1S/C15H16ClNO3S/c1-11-3-8-15(14(16)9-11)21(18,19)17-10-12-4-6-13(20-2)7-5-12/h3-9,17H,10H2,1-2H3. The van der Waals surface area contributed by atoms with E-state index in [2.05, 4.69) is 4.72 Å². The molecule has 0 fully saturated rings. The molecule has 0 saturated carbocycles. The quantitative estimate of drug-likeness (QED) is 0.918. The number of hydrogen-bond donors (Lipinski definition) is 1. The number of halogens is 1. The van der Waals surface area contributed by atoms with Crippen molar-refractivity contribution < 1.29 is 13.2 Å².